The zero-order valence-corrected chi connectivity index (χ0v) is 12.4. The summed E-state index contributed by atoms with van der Waals surface area (Å²) >= 11 is 0. The van der Waals surface area contributed by atoms with Crippen molar-refractivity contribution in [1.82, 2.24) is 14.8 Å². The highest BCUT2D eigenvalue weighted by Gasteiger charge is 2.32. The molecule has 2 atom stereocenters. The molecule has 0 saturated carbocycles. The third-order valence-corrected chi connectivity index (χ3v) is 4.76. The zero-order valence-electron chi connectivity index (χ0n) is 12.4. The number of pyridine rings is 1. The number of aryl methyl sites for hydroxylation is 1. The molecular formula is C16H23N3O. The maximum atomic E-state index is 12.6. The van der Waals surface area contributed by atoms with Gasteiger partial charge in [-0.05, 0) is 38.6 Å². The summed E-state index contributed by atoms with van der Waals surface area (Å²) in [6, 6.07) is 4.43. The van der Waals surface area contributed by atoms with Crippen LogP contribution < -0.4 is 0 Å². The van der Waals surface area contributed by atoms with Crippen molar-refractivity contribution in [2.45, 2.75) is 31.2 Å². The number of rotatable bonds is 3. The van der Waals surface area contributed by atoms with E-state index in [4.69, 9.17) is 0 Å². The highest BCUT2D eigenvalue weighted by Crippen LogP contribution is 2.33. The molecule has 4 heteroatoms. The number of aromatic nitrogens is 1. The molecule has 0 aromatic carbocycles. The lowest BCUT2D eigenvalue weighted by Gasteiger charge is -2.37. The molecule has 4 nitrogen and oxygen atoms in total. The number of carbonyl (C=O) groups is 1. The molecule has 1 fully saturated rings. The Bertz CT molecular complexity index is 502. The van der Waals surface area contributed by atoms with Crippen LogP contribution in [-0.2, 0) is 11.2 Å². The van der Waals surface area contributed by atoms with Gasteiger partial charge >= 0.3 is 0 Å². The van der Waals surface area contributed by atoms with Gasteiger partial charge in [-0.3, -0.25) is 9.78 Å². The minimum absolute atomic E-state index is 0.0341. The molecule has 1 aliphatic carbocycles. The average Bonchev–Trinajstić information content (AvgIpc) is 2.87. The average molecular weight is 273 g/mol. The quantitative estimate of drug-likeness (QED) is 0.832. The van der Waals surface area contributed by atoms with Gasteiger partial charge in [0, 0.05) is 38.3 Å². The minimum atomic E-state index is 0.0341. The Kier molecular flexibility index (Phi) is 3.85. The van der Waals surface area contributed by atoms with Crippen molar-refractivity contribution in [3.05, 3.63) is 29.6 Å². The van der Waals surface area contributed by atoms with Gasteiger partial charge in [0.15, 0.2) is 0 Å². The van der Waals surface area contributed by atoms with E-state index in [0.717, 1.165) is 38.2 Å². The van der Waals surface area contributed by atoms with Crippen molar-refractivity contribution >= 4 is 5.78 Å². The van der Waals surface area contributed by atoms with Crippen molar-refractivity contribution in [1.29, 1.82) is 0 Å². The molecule has 0 spiro atoms. The van der Waals surface area contributed by atoms with Crippen LogP contribution in [0.4, 0.5) is 0 Å². The first-order valence-electron chi connectivity index (χ1n) is 7.50. The Morgan fingerprint density at radius 1 is 1.40 bits per heavy atom. The largest absolute Gasteiger partial charge is 0.304 e. The number of hydrogen-bond acceptors (Lipinski definition) is 4. The molecule has 3 rings (SSSR count). The molecule has 108 valence electrons. The van der Waals surface area contributed by atoms with Crippen LogP contribution in [0.3, 0.4) is 0 Å². The van der Waals surface area contributed by atoms with E-state index in [1.807, 2.05) is 12.3 Å². The van der Waals surface area contributed by atoms with Crippen LogP contribution in [0.15, 0.2) is 18.3 Å². The predicted octanol–water partition coefficient (Wildman–Crippen LogP) is 1.32. The van der Waals surface area contributed by atoms with Gasteiger partial charge in [0.1, 0.15) is 5.78 Å². The summed E-state index contributed by atoms with van der Waals surface area (Å²) in [5.41, 5.74) is 2.30. The van der Waals surface area contributed by atoms with Gasteiger partial charge in [-0.1, -0.05) is 6.07 Å². The lowest BCUT2D eigenvalue weighted by molar-refractivity contribution is -0.122. The second-order valence-electron chi connectivity index (χ2n) is 6.21. The normalized spacial score (nSPS) is 27.5. The van der Waals surface area contributed by atoms with Crippen LogP contribution in [0.1, 0.15) is 30.0 Å². The Morgan fingerprint density at radius 2 is 2.25 bits per heavy atom. The molecule has 2 heterocycles. The standard InChI is InChI=1S/C16H23N3O/c1-18-8-9-19(2)13(11-18)10-15(20)14-6-5-12-4-3-7-17-16(12)14/h3-4,7,13-14H,5-6,8-11H2,1-2H3. The van der Waals surface area contributed by atoms with E-state index in [1.54, 1.807) is 0 Å². The number of carbonyl (C=O) groups excluding carboxylic acids is 1. The van der Waals surface area contributed by atoms with Gasteiger partial charge in [0.2, 0.25) is 0 Å². The number of nitrogens with zero attached hydrogens (tertiary/aromatic N) is 3. The van der Waals surface area contributed by atoms with Crippen molar-refractivity contribution in [3.8, 4) is 0 Å². The number of Topliss-reactive ketones (excluding diaryl/α,β-unsaturated/α-hetero) is 1. The van der Waals surface area contributed by atoms with E-state index in [-0.39, 0.29) is 5.92 Å². The summed E-state index contributed by atoms with van der Waals surface area (Å²) in [5, 5.41) is 0. The number of likely N-dealkylation sites (N-methyl/N-ethyl adjacent to an activating group) is 2. The van der Waals surface area contributed by atoms with Crippen molar-refractivity contribution < 1.29 is 4.79 Å². The Hall–Kier alpha value is -1.26. The van der Waals surface area contributed by atoms with E-state index in [0.29, 0.717) is 18.2 Å². The van der Waals surface area contributed by atoms with Crippen LogP contribution in [0, 0.1) is 0 Å². The van der Waals surface area contributed by atoms with Crippen molar-refractivity contribution in [2.24, 2.45) is 0 Å². The summed E-state index contributed by atoms with van der Waals surface area (Å²) in [6.45, 7) is 3.13. The Morgan fingerprint density at radius 3 is 3.10 bits per heavy atom. The SMILES string of the molecule is CN1CCN(C)C(CC(=O)C2CCc3cccnc32)C1. The topological polar surface area (TPSA) is 36.4 Å². The fourth-order valence-electron chi connectivity index (χ4n) is 3.42. The molecule has 0 radical (unpaired) electrons. The van der Waals surface area contributed by atoms with E-state index in [2.05, 4.69) is 34.9 Å². The number of piperazine rings is 1. The van der Waals surface area contributed by atoms with E-state index in [9.17, 15) is 4.79 Å². The molecule has 1 aliphatic heterocycles. The summed E-state index contributed by atoms with van der Waals surface area (Å²) in [6.07, 6.45) is 4.41. The minimum Gasteiger partial charge on any atom is -0.304 e. The van der Waals surface area contributed by atoms with Crippen molar-refractivity contribution in [2.75, 3.05) is 33.7 Å². The smallest absolute Gasteiger partial charge is 0.143 e. The summed E-state index contributed by atoms with van der Waals surface area (Å²) in [4.78, 5) is 21.7. The van der Waals surface area contributed by atoms with Gasteiger partial charge in [-0.25, -0.2) is 0 Å². The van der Waals surface area contributed by atoms with Gasteiger partial charge in [-0.2, -0.15) is 0 Å². The first-order chi connectivity index (χ1) is 9.65. The highest BCUT2D eigenvalue weighted by atomic mass is 16.1. The van der Waals surface area contributed by atoms with E-state index in [1.165, 1.54) is 5.56 Å². The second kappa shape index (κ2) is 5.62. The molecule has 1 aromatic heterocycles. The molecular weight excluding hydrogens is 250 g/mol. The first-order valence-corrected chi connectivity index (χ1v) is 7.50. The van der Waals surface area contributed by atoms with Crippen LogP contribution in [0.25, 0.3) is 0 Å². The number of ketones is 1. The molecule has 1 saturated heterocycles. The maximum Gasteiger partial charge on any atom is 0.143 e. The lowest BCUT2D eigenvalue weighted by atomic mass is 9.94. The summed E-state index contributed by atoms with van der Waals surface area (Å²) < 4.78 is 0. The molecule has 1 aromatic rings. The van der Waals surface area contributed by atoms with Crippen LogP contribution in [0.5, 0.6) is 0 Å². The maximum absolute atomic E-state index is 12.6. The van der Waals surface area contributed by atoms with Gasteiger partial charge in [-0.15, -0.1) is 0 Å². The molecule has 0 amide bonds. The van der Waals surface area contributed by atoms with E-state index >= 15 is 0 Å². The Labute approximate surface area is 120 Å². The molecule has 2 unspecified atom stereocenters. The summed E-state index contributed by atoms with van der Waals surface area (Å²) in [7, 11) is 4.27. The van der Waals surface area contributed by atoms with Crippen LogP contribution in [-0.4, -0.2) is 60.3 Å². The van der Waals surface area contributed by atoms with E-state index < -0.39 is 0 Å². The number of fused-ring (bicyclic) bond motifs is 1. The summed E-state index contributed by atoms with van der Waals surface area (Å²) in [5.74, 6) is 0.404. The molecule has 0 bridgehead atoms. The van der Waals surface area contributed by atoms with Crippen LogP contribution >= 0.6 is 0 Å². The van der Waals surface area contributed by atoms with Gasteiger partial charge in [0.05, 0.1) is 11.6 Å². The fourth-order valence-corrected chi connectivity index (χ4v) is 3.42. The second-order valence-corrected chi connectivity index (χ2v) is 6.21. The first kappa shape index (κ1) is 13.7. The zero-order chi connectivity index (χ0) is 14.1. The number of hydrogen-bond donors (Lipinski definition) is 0. The lowest BCUT2D eigenvalue weighted by Crippen LogP contribution is -2.50. The molecule has 20 heavy (non-hydrogen) atoms. The highest BCUT2D eigenvalue weighted by molar-refractivity contribution is 5.86. The molecule has 0 N–H and O–H groups in total. The third-order valence-electron chi connectivity index (χ3n) is 4.76. The Balaban J connectivity index is 1.68. The molecule has 2 aliphatic rings. The van der Waals surface area contributed by atoms with Crippen molar-refractivity contribution in [3.63, 3.8) is 0 Å². The third kappa shape index (κ3) is 2.63. The monoisotopic (exact) mass is 273 g/mol. The fraction of sp³-hybridized carbons (Fsp3) is 0.625. The van der Waals surface area contributed by atoms with Gasteiger partial charge in [0.25, 0.3) is 0 Å². The predicted molar refractivity (Wildman–Crippen MR) is 78.8 cm³/mol. The van der Waals surface area contributed by atoms with Gasteiger partial charge < -0.3 is 9.80 Å². The van der Waals surface area contributed by atoms with Crippen LogP contribution in [0.2, 0.25) is 0 Å².